The largest absolute Gasteiger partial charge is 0.416 e. The first kappa shape index (κ1) is 17.9. The lowest BCUT2D eigenvalue weighted by Gasteiger charge is -2.29. The number of aliphatic hydroxyl groups excluding tert-OH is 1. The number of hydrogen-bond donors (Lipinski definition) is 2. The predicted octanol–water partition coefficient (Wildman–Crippen LogP) is 2.67. The number of halogens is 3. The minimum absolute atomic E-state index is 0.235. The van der Waals surface area contributed by atoms with Gasteiger partial charge in [0.1, 0.15) is 0 Å². The zero-order chi connectivity index (χ0) is 16.0. The average Bonchev–Trinajstić information content (AvgIpc) is 2.47. The van der Waals surface area contributed by atoms with Crippen LogP contribution in [0, 0.1) is 0 Å². The van der Waals surface area contributed by atoms with Gasteiger partial charge >= 0.3 is 6.18 Å². The van der Waals surface area contributed by atoms with Crippen LogP contribution >= 0.6 is 0 Å². The quantitative estimate of drug-likeness (QED) is 0.813. The van der Waals surface area contributed by atoms with E-state index in [9.17, 15) is 18.3 Å². The number of nitrogens with zero attached hydrogens (tertiary/aromatic N) is 1. The third kappa shape index (κ3) is 4.98. The summed E-state index contributed by atoms with van der Waals surface area (Å²) in [5.74, 6) is 0. The fraction of sp³-hybridized carbons (Fsp3) is 0.600. The Morgan fingerprint density at radius 2 is 1.67 bits per heavy atom. The first-order chi connectivity index (χ1) is 9.83. The van der Waals surface area contributed by atoms with E-state index in [2.05, 4.69) is 10.2 Å². The third-order valence-electron chi connectivity index (χ3n) is 3.68. The molecule has 0 bridgehead atoms. The van der Waals surface area contributed by atoms with Gasteiger partial charge in [0.05, 0.1) is 11.7 Å². The summed E-state index contributed by atoms with van der Waals surface area (Å²) in [7, 11) is 1.74. The van der Waals surface area contributed by atoms with E-state index in [4.69, 9.17) is 0 Å². The van der Waals surface area contributed by atoms with Crippen molar-refractivity contribution in [3.05, 3.63) is 35.4 Å². The van der Waals surface area contributed by atoms with Crippen LogP contribution in [-0.4, -0.2) is 42.7 Å². The van der Waals surface area contributed by atoms with Gasteiger partial charge in [0.25, 0.3) is 0 Å². The molecule has 1 rings (SSSR count). The highest BCUT2D eigenvalue weighted by molar-refractivity contribution is 5.26. The summed E-state index contributed by atoms with van der Waals surface area (Å²) in [6.45, 7) is 6.40. The maximum atomic E-state index is 12.5. The van der Waals surface area contributed by atoms with Crippen molar-refractivity contribution in [2.24, 2.45) is 0 Å². The lowest BCUT2D eigenvalue weighted by atomic mass is 10.0. The molecule has 2 atom stereocenters. The molecule has 6 heteroatoms. The summed E-state index contributed by atoms with van der Waals surface area (Å²) in [6, 6.07) is 4.44. The van der Waals surface area contributed by atoms with E-state index in [-0.39, 0.29) is 6.04 Å². The van der Waals surface area contributed by atoms with Crippen LogP contribution in [0.4, 0.5) is 13.2 Å². The Kier molecular flexibility index (Phi) is 6.64. The Balaban J connectivity index is 2.82. The Hall–Kier alpha value is -1.11. The molecule has 0 amide bonds. The first-order valence-electron chi connectivity index (χ1n) is 7.08. The number of alkyl halides is 3. The van der Waals surface area contributed by atoms with Crippen LogP contribution in [0.3, 0.4) is 0 Å². The van der Waals surface area contributed by atoms with Gasteiger partial charge < -0.3 is 15.3 Å². The van der Waals surface area contributed by atoms with Gasteiger partial charge in [-0.3, -0.25) is 0 Å². The van der Waals surface area contributed by atoms with Crippen molar-refractivity contribution in [1.82, 2.24) is 10.2 Å². The van der Waals surface area contributed by atoms with Crippen molar-refractivity contribution in [2.75, 3.05) is 26.7 Å². The van der Waals surface area contributed by atoms with Gasteiger partial charge in [-0.2, -0.15) is 13.2 Å². The molecule has 0 aliphatic heterocycles. The molecule has 0 saturated heterocycles. The molecule has 0 aliphatic rings. The lowest BCUT2D eigenvalue weighted by molar-refractivity contribution is -0.137. The average molecular weight is 304 g/mol. The molecule has 0 saturated carbocycles. The second kappa shape index (κ2) is 7.77. The molecule has 0 fully saturated rings. The van der Waals surface area contributed by atoms with Crippen molar-refractivity contribution < 1.29 is 18.3 Å². The molecule has 0 aliphatic carbocycles. The van der Waals surface area contributed by atoms with Gasteiger partial charge in [-0.1, -0.05) is 26.0 Å². The van der Waals surface area contributed by atoms with Crippen LogP contribution in [0.1, 0.15) is 31.1 Å². The van der Waals surface area contributed by atoms with Crippen molar-refractivity contribution in [3.8, 4) is 0 Å². The van der Waals surface area contributed by atoms with E-state index < -0.39 is 17.8 Å². The highest BCUT2D eigenvalue weighted by atomic mass is 19.4. The molecule has 3 nitrogen and oxygen atoms in total. The van der Waals surface area contributed by atoms with E-state index in [0.29, 0.717) is 12.1 Å². The molecule has 0 aromatic heterocycles. The topological polar surface area (TPSA) is 35.5 Å². The number of rotatable bonds is 7. The van der Waals surface area contributed by atoms with Crippen LogP contribution < -0.4 is 5.32 Å². The second-order valence-electron chi connectivity index (χ2n) is 4.95. The van der Waals surface area contributed by atoms with E-state index >= 15 is 0 Å². The van der Waals surface area contributed by atoms with Crippen LogP contribution in [0.2, 0.25) is 0 Å². The number of hydrogen-bond acceptors (Lipinski definition) is 3. The van der Waals surface area contributed by atoms with Gasteiger partial charge in [0, 0.05) is 12.6 Å². The summed E-state index contributed by atoms with van der Waals surface area (Å²) in [5, 5.41) is 13.4. The Labute approximate surface area is 123 Å². The Morgan fingerprint density at radius 3 is 2.05 bits per heavy atom. The molecule has 1 aromatic carbocycles. The normalized spacial score (nSPS) is 15.2. The standard InChI is InChI=1S/C15H23F3N2O/c1-4-20(5-2)10-13(19-3)14(21)11-6-8-12(9-7-11)15(16,17)18/h6-9,13-14,19,21H,4-5,10H2,1-3H3. The van der Waals surface area contributed by atoms with E-state index in [0.717, 1.165) is 25.2 Å². The van der Waals surface area contributed by atoms with Crippen LogP contribution in [0.25, 0.3) is 0 Å². The van der Waals surface area contributed by atoms with Crippen LogP contribution in [0.15, 0.2) is 24.3 Å². The zero-order valence-corrected chi connectivity index (χ0v) is 12.6. The predicted molar refractivity (Wildman–Crippen MR) is 77.0 cm³/mol. The van der Waals surface area contributed by atoms with Gasteiger partial charge in [0.15, 0.2) is 0 Å². The molecule has 0 radical (unpaired) electrons. The zero-order valence-electron chi connectivity index (χ0n) is 12.6. The van der Waals surface area contributed by atoms with Gasteiger partial charge in [-0.25, -0.2) is 0 Å². The lowest BCUT2D eigenvalue weighted by Crippen LogP contribution is -2.43. The van der Waals surface area contributed by atoms with Crippen LogP contribution in [-0.2, 0) is 6.18 Å². The first-order valence-corrected chi connectivity index (χ1v) is 7.08. The summed E-state index contributed by atoms with van der Waals surface area (Å²) < 4.78 is 37.6. The maximum Gasteiger partial charge on any atom is 0.416 e. The molecule has 0 heterocycles. The highest BCUT2D eigenvalue weighted by Gasteiger charge is 2.30. The maximum absolute atomic E-state index is 12.5. The third-order valence-corrected chi connectivity index (χ3v) is 3.68. The van der Waals surface area contributed by atoms with Crippen molar-refractivity contribution in [1.29, 1.82) is 0 Å². The Bertz CT molecular complexity index is 416. The number of likely N-dealkylation sites (N-methyl/N-ethyl adjacent to an activating group) is 2. The van der Waals surface area contributed by atoms with E-state index in [1.807, 2.05) is 13.8 Å². The molecule has 120 valence electrons. The monoisotopic (exact) mass is 304 g/mol. The van der Waals surface area contributed by atoms with Gasteiger partial charge in [0.2, 0.25) is 0 Å². The second-order valence-corrected chi connectivity index (χ2v) is 4.95. The fourth-order valence-corrected chi connectivity index (χ4v) is 2.21. The SMILES string of the molecule is CCN(CC)CC(NC)C(O)c1ccc(C(F)(F)F)cc1. The molecular formula is C15H23F3N2O. The van der Waals surface area contributed by atoms with Gasteiger partial charge in [-0.15, -0.1) is 0 Å². The molecular weight excluding hydrogens is 281 g/mol. The number of benzene rings is 1. The fourth-order valence-electron chi connectivity index (χ4n) is 2.21. The summed E-state index contributed by atoms with van der Waals surface area (Å²) in [5.41, 5.74) is -0.224. The van der Waals surface area contributed by atoms with Crippen molar-refractivity contribution >= 4 is 0 Å². The summed E-state index contributed by atoms with van der Waals surface area (Å²) >= 11 is 0. The summed E-state index contributed by atoms with van der Waals surface area (Å²) in [6.07, 6.45) is -5.20. The number of aliphatic hydroxyl groups is 1. The minimum Gasteiger partial charge on any atom is -0.387 e. The molecule has 2 unspecified atom stereocenters. The molecule has 1 aromatic rings. The van der Waals surface area contributed by atoms with E-state index in [1.54, 1.807) is 7.05 Å². The van der Waals surface area contributed by atoms with Crippen LogP contribution in [0.5, 0.6) is 0 Å². The Morgan fingerprint density at radius 1 is 1.14 bits per heavy atom. The highest BCUT2D eigenvalue weighted by Crippen LogP contribution is 2.30. The minimum atomic E-state index is -4.35. The van der Waals surface area contributed by atoms with Gasteiger partial charge in [-0.05, 0) is 37.8 Å². The van der Waals surface area contributed by atoms with Crippen molar-refractivity contribution in [3.63, 3.8) is 0 Å². The van der Waals surface area contributed by atoms with E-state index in [1.165, 1.54) is 12.1 Å². The molecule has 0 spiro atoms. The van der Waals surface area contributed by atoms with Crippen molar-refractivity contribution in [2.45, 2.75) is 32.2 Å². The molecule has 21 heavy (non-hydrogen) atoms. The smallest absolute Gasteiger partial charge is 0.387 e. The summed E-state index contributed by atoms with van der Waals surface area (Å²) in [4.78, 5) is 2.15. The number of nitrogens with one attached hydrogen (secondary N) is 1. The molecule has 2 N–H and O–H groups in total.